The first-order valence-electron chi connectivity index (χ1n) is 10.8. The van der Waals surface area contributed by atoms with Crippen molar-refractivity contribution in [2.75, 3.05) is 26.6 Å². The molecule has 0 aliphatic rings. The highest BCUT2D eigenvalue weighted by atomic mass is 16.5. The maximum absolute atomic E-state index is 12.9. The third-order valence-electron chi connectivity index (χ3n) is 5.19. The molecule has 0 aliphatic carbocycles. The minimum atomic E-state index is -0.292. The number of benzene rings is 2. The van der Waals surface area contributed by atoms with E-state index in [1.165, 1.54) is 0 Å². The van der Waals surface area contributed by atoms with Gasteiger partial charge in [0.25, 0.3) is 5.91 Å². The molecule has 0 spiro atoms. The molecule has 10 heteroatoms. The number of methoxy groups -OCH3 is 3. The molecule has 0 aliphatic heterocycles. The Labute approximate surface area is 202 Å². The highest BCUT2D eigenvalue weighted by Crippen LogP contribution is 2.28. The molecule has 180 valence electrons. The zero-order chi connectivity index (χ0) is 24.6. The van der Waals surface area contributed by atoms with E-state index < -0.39 is 0 Å². The van der Waals surface area contributed by atoms with Gasteiger partial charge in [-0.3, -0.25) is 4.79 Å². The minimum Gasteiger partial charge on any atom is -0.497 e. The second-order valence-corrected chi connectivity index (χ2v) is 7.56. The van der Waals surface area contributed by atoms with Gasteiger partial charge in [0, 0.05) is 30.1 Å². The fraction of sp³-hybridized carbons (Fsp3) is 0.200. The zero-order valence-corrected chi connectivity index (χ0v) is 19.7. The van der Waals surface area contributed by atoms with Gasteiger partial charge in [-0.15, -0.1) is 5.10 Å². The Morgan fingerprint density at radius 3 is 2.34 bits per heavy atom. The van der Waals surface area contributed by atoms with Gasteiger partial charge in [-0.1, -0.05) is 17.3 Å². The molecule has 2 aromatic carbocycles. The summed E-state index contributed by atoms with van der Waals surface area (Å²) < 4.78 is 17.5. The topological polar surface area (TPSA) is 112 Å². The number of ether oxygens (including phenoxy) is 3. The van der Waals surface area contributed by atoms with Crippen molar-refractivity contribution >= 4 is 17.4 Å². The lowest BCUT2D eigenvalue weighted by atomic mass is 10.2. The fourth-order valence-corrected chi connectivity index (χ4v) is 3.39. The largest absolute Gasteiger partial charge is 0.497 e. The van der Waals surface area contributed by atoms with Crippen LogP contribution in [0.4, 0.5) is 11.5 Å². The maximum Gasteiger partial charge on any atom is 0.255 e. The molecule has 4 aromatic rings. The van der Waals surface area contributed by atoms with Crippen LogP contribution in [0.2, 0.25) is 0 Å². The first-order valence-corrected chi connectivity index (χ1v) is 10.8. The van der Waals surface area contributed by atoms with Gasteiger partial charge < -0.3 is 24.8 Å². The lowest BCUT2D eigenvalue weighted by Gasteiger charge is -2.13. The number of nitrogens with zero attached hydrogens (tertiary/aromatic N) is 4. The van der Waals surface area contributed by atoms with Gasteiger partial charge in [0.05, 0.1) is 46.2 Å². The third kappa shape index (κ3) is 6.05. The van der Waals surface area contributed by atoms with Crippen LogP contribution in [-0.2, 0) is 13.1 Å². The summed E-state index contributed by atoms with van der Waals surface area (Å²) in [6.07, 6.45) is 3.41. The Hall–Kier alpha value is -4.60. The number of anilines is 2. The van der Waals surface area contributed by atoms with E-state index in [9.17, 15) is 4.79 Å². The van der Waals surface area contributed by atoms with Gasteiger partial charge in [0.1, 0.15) is 28.8 Å². The van der Waals surface area contributed by atoms with E-state index in [1.807, 2.05) is 24.3 Å². The van der Waals surface area contributed by atoms with Gasteiger partial charge in [0.2, 0.25) is 0 Å². The van der Waals surface area contributed by atoms with E-state index in [-0.39, 0.29) is 12.5 Å². The summed E-state index contributed by atoms with van der Waals surface area (Å²) in [5.74, 6) is 2.15. The Balaban J connectivity index is 1.40. The summed E-state index contributed by atoms with van der Waals surface area (Å²) in [6, 6.07) is 16.5. The number of pyridine rings is 1. The van der Waals surface area contributed by atoms with Crippen molar-refractivity contribution in [3.05, 3.63) is 83.8 Å². The summed E-state index contributed by atoms with van der Waals surface area (Å²) in [7, 11) is 4.78. The van der Waals surface area contributed by atoms with Crippen molar-refractivity contribution in [3.8, 4) is 17.2 Å². The smallest absolute Gasteiger partial charge is 0.255 e. The van der Waals surface area contributed by atoms with E-state index in [2.05, 4.69) is 25.9 Å². The van der Waals surface area contributed by atoms with Gasteiger partial charge in [0.15, 0.2) is 0 Å². The van der Waals surface area contributed by atoms with Crippen molar-refractivity contribution in [1.29, 1.82) is 0 Å². The number of carbonyl (C=O) groups excluding carboxylic acids is 1. The molecule has 0 saturated heterocycles. The van der Waals surface area contributed by atoms with Crippen molar-refractivity contribution < 1.29 is 19.0 Å². The number of rotatable bonds is 10. The van der Waals surface area contributed by atoms with Crippen molar-refractivity contribution in [3.63, 3.8) is 0 Å². The number of carbonyl (C=O) groups is 1. The Morgan fingerprint density at radius 1 is 0.943 bits per heavy atom. The summed E-state index contributed by atoms with van der Waals surface area (Å²) in [5.41, 5.74) is 2.77. The molecule has 0 bridgehead atoms. The van der Waals surface area contributed by atoms with Gasteiger partial charge in [-0.2, -0.15) is 0 Å². The van der Waals surface area contributed by atoms with E-state index in [0.29, 0.717) is 40.8 Å². The molecule has 10 nitrogen and oxygen atoms in total. The van der Waals surface area contributed by atoms with Crippen molar-refractivity contribution in [1.82, 2.24) is 25.3 Å². The number of amides is 1. The van der Waals surface area contributed by atoms with Crippen LogP contribution in [0.25, 0.3) is 0 Å². The average molecular weight is 475 g/mol. The lowest BCUT2D eigenvalue weighted by molar-refractivity contribution is 0.0951. The second kappa shape index (κ2) is 11.0. The normalized spacial score (nSPS) is 10.5. The SMILES string of the molecule is COc1ccc(Cn2cc(CNC(=O)c3cccnc3Nc3cc(OC)cc(OC)c3)nn2)cc1. The Morgan fingerprint density at radius 2 is 1.66 bits per heavy atom. The summed E-state index contributed by atoms with van der Waals surface area (Å²) in [4.78, 5) is 17.3. The molecular weight excluding hydrogens is 448 g/mol. The maximum atomic E-state index is 12.9. The number of aromatic nitrogens is 4. The Bertz CT molecular complexity index is 1270. The van der Waals surface area contributed by atoms with Gasteiger partial charge in [-0.05, 0) is 29.8 Å². The van der Waals surface area contributed by atoms with E-state index in [4.69, 9.17) is 14.2 Å². The molecule has 0 radical (unpaired) electrons. The molecular formula is C25H26N6O4. The number of nitrogens with one attached hydrogen (secondary N) is 2. The van der Waals surface area contributed by atoms with E-state index >= 15 is 0 Å². The number of hydrogen-bond acceptors (Lipinski definition) is 8. The average Bonchev–Trinajstić information content (AvgIpc) is 3.35. The van der Waals surface area contributed by atoms with Crippen LogP contribution in [0.5, 0.6) is 17.2 Å². The van der Waals surface area contributed by atoms with Crippen molar-refractivity contribution in [2.45, 2.75) is 13.1 Å². The molecule has 0 unspecified atom stereocenters. The quantitative estimate of drug-likeness (QED) is 0.360. The molecule has 1 amide bonds. The minimum absolute atomic E-state index is 0.225. The summed E-state index contributed by atoms with van der Waals surface area (Å²) in [6.45, 7) is 0.786. The highest BCUT2D eigenvalue weighted by Gasteiger charge is 2.14. The van der Waals surface area contributed by atoms with Crippen LogP contribution in [0, 0.1) is 0 Å². The van der Waals surface area contributed by atoms with Gasteiger partial charge >= 0.3 is 0 Å². The lowest BCUT2D eigenvalue weighted by Crippen LogP contribution is -2.24. The van der Waals surface area contributed by atoms with Crippen LogP contribution in [0.3, 0.4) is 0 Å². The standard InChI is InChI=1S/C25H26N6O4/c1-33-20-8-6-17(7-9-20)15-31-16-19(29-30-31)14-27-25(32)23-5-4-10-26-24(23)28-18-11-21(34-2)13-22(12-18)35-3/h4-13,16H,14-15H2,1-3H3,(H,26,28)(H,27,32). The third-order valence-corrected chi connectivity index (χ3v) is 5.19. The van der Waals surface area contributed by atoms with Crippen LogP contribution in [-0.4, -0.2) is 47.2 Å². The molecule has 35 heavy (non-hydrogen) atoms. The van der Waals surface area contributed by atoms with Gasteiger partial charge in [-0.25, -0.2) is 9.67 Å². The molecule has 4 rings (SSSR count). The first-order chi connectivity index (χ1) is 17.1. The zero-order valence-electron chi connectivity index (χ0n) is 19.7. The van der Waals surface area contributed by atoms with Crippen LogP contribution in [0.15, 0.2) is 67.0 Å². The molecule has 2 aromatic heterocycles. The molecule has 0 atom stereocenters. The van der Waals surface area contributed by atoms with Crippen LogP contribution >= 0.6 is 0 Å². The first kappa shape index (κ1) is 23.6. The molecule has 2 heterocycles. The number of hydrogen-bond donors (Lipinski definition) is 2. The molecule has 0 saturated carbocycles. The van der Waals surface area contributed by atoms with E-state index in [1.54, 1.807) is 68.7 Å². The van der Waals surface area contributed by atoms with Crippen LogP contribution < -0.4 is 24.8 Å². The summed E-state index contributed by atoms with van der Waals surface area (Å²) >= 11 is 0. The predicted octanol–water partition coefficient (Wildman–Crippen LogP) is 3.42. The monoisotopic (exact) mass is 474 g/mol. The second-order valence-electron chi connectivity index (χ2n) is 7.56. The highest BCUT2D eigenvalue weighted by molar-refractivity contribution is 5.99. The molecule has 0 fully saturated rings. The predicted molar refractivity (Wildman–Crippen MR) is 130 cm³/mol. The Kier molecular flexibility index (Phi) is 7.41. The van der Waals surface area contributed by atoms with Crippen LogP contribution in [0.1, 0.15) is 21.6 Å². The summed E-state index contributed by atoms with van der Waals surface area (Å²) in [5, 5.41) is 14.3. The van der Waals surface area contributed by atoms with Crippen molar-refractivity contribution in [2.24, 2.45) is 0 Å². The van der Waals surface area contributed by atoms with E-state index in [0.717, 1.165) is 11.3 Å². The fourth-order valence-electron chi connectivity index (χ4n) is 3.39. The molecule has 2 N–H and O–H groups in total.